The van der Waals surface area contributed by atoms with Crippen molar-refractivity contribution in [3.05, 3.63) is 53.6 Å². The molecule has 0 spiro atoms. The number of fused-ring (bicyclic) bond motifs is 1. The third kappa shape index (κ3) is 3.38. The van der Waals surface area contributed by atoms with Gasteiger partial charge in [-0.05, 0) is 41.9 Å². The molecular weight excluding hydrogens is 368 g/mol. The number of esters is 1. The maximum atomic E-state index is 12.5. The maximum Gasteiger partial charge on any atom is 0.331 e. The quantitative estimate of drug-likeness (QED) is 0.468. The largest absolute Gasteiger partial charge is 0.458 e. The Morgan fingerprint density at radius 1 is 1.17 bits per heavy atom. The van der Waals surface area contributed by atoms with Crippen molar-refractivity contribution in [3.8, 4) is 0 Å². The summed E-state index contributed by atoms with van der Waals surface area (Å²) in [5, 5.41) is 11.8. The van der Waals surface area contributed by atoms with Gasteiger partial charge >= 0.3 is 5.97 Å². The molecule has 0 bridgehead atoms. The van der Waals surface area contributed by atoms with E-state index in [9.17, 15) is 19.5 Å². The molecule has 1 saturated carbocycles. The molecule has 1 N–H and O–H groups in total. The monoisotopic (exact) mass is 396 g/mol. The standard InChI is InChI=1S/C24H28O5/c1-22(2)13-12-20(29-21(27)10-9-17-7-5-4-6-8-17)23(3)19(16-26)18(15-25)11-14-24(22,23)28/h4-11,15-16,19-20,28H,12-14H2,1-3H3/b10-9+/t19-,20+,23-,24+/m0/s1. The number of carbonyl (C=O) groups is 3. The highest BCUT2D eigenvalue weighted by Crippen LogP contribution is 2.62. The zero-order valence-electron chi connectivity index (χ0n) is 17.1. The summed E-state index contributed by atoms with van der Waals surface area (Å²) in [7, 11) is 0. The number of carbonyl (C=O) groups excluding carboxylic acids is 3. The van der Waals surface area contributed by atoms with E-state index in [0.717, 1.165) is 5.56 Å². The second kappa shape index (κ2) is 7.71. The summed E-state index contributed by atoms with van der Waals surface area (Å²) in [6, 6.07) is 9.38. The number of hydrogen-bond acceptors (Lipinski definition) is 5. The first-order valence-electron chi connectivity index (χ1n) is 9.96. The van der Waals surface area contributed by atoms with Gasteiger partial charge in [0.05, 0.1) is 11.5 Å². The van der Waals surface area contributed by atoms with E-state index in [1.54, 1.807) is 19.1 Å². The SMILES string of the molecule is CC1(C)CC[C@@H](OC(=O)/C=C/c2ccccc2)[C@]2(C)[C@@H](C=O)C(C=O)=CC[C@@]12O. The van der Waals surface area contributed by atoms with Crippen LogP contribution >= 0.6 is 0 Å². The van der Waals surface area contributed by atoms with E-state index in [0.29, 0.717) is 31.0 Å². The topological polar surface area (TPSA) is 80.7 Å². The number of aldehydes is 2. The average Bonchev–Trinajstić information content (AvgIpc) is 2.71. The third-order valence-corrected chi connectivity index (χ3v) is 7.09. The fourth-order valence-electron chi connectivity index (χ4n) is 5.12. The van der Waals surface area contributed by atoms with Crippen molar-refractivity contribution in [1.29, 1.82) is 0 Å². The van der Waals surface area contributed by atoms with Gasteiger partial charge in [0, 0.05) is 11.5 Å². The number of aliphatic hydroxyl groups is 1. The van der Waals surface area contributed by atoms with E-state index in [1.807, 2.05) is 44.2 Å². The van der Waals surface area contributed by atoms with Crippen molar-refractivity contribution in [2.75, 3.05) is 0 Å². The van der Waals surface area contributed by atoms with Gasteiger partial charge in [0.15, 0.2) is 0 Å². The molecule has 5 heteroatoms. The molecule has 1 aromatic carbocycles. The molecule has 0 radical (unpaired) electrons. The first kappa shape index (κ1) is 21.2. The molecule has 2 aliphatic carbocycles. The van der Waals surface area contributed by atoms with Crippen molar-refractivity contribution < 1.29 is 24.2 Å². The van der Waals surface area contributed by atoms with Crippen molar-refractivity contribution in [2.24, 2.45) is 16.7 Å². The number of ether oxygens (including phenoxy) is 1. The molecule has 0 amide bonds. The van der Waals surface area contributed by atoms with E-state index >= 15 is 0 Å². The lowest BCUT2D eigenvalue weighted by Crippen LogP contribution is -2.69. The van der Waals surface area contributed by atoms with Gasteiger partial charge in [-0.1, -0.05) is 57.2 Å². The second-order valence-corrected chi connectivity index (χ2v) is 8.87. The van der Waals surface area contributed by atoms with Gasteiger partial charge in [-0.15, -0.1) is 0 Å². The fraction of sp³-hybridized carbons (Fsp3) is 0.458. The van der Waals surface area contributed by atoms with E-state index < -0.39 is 34.4 Å². The van der Waals surface area contributed by atoms with Crippen LogP contribution in [0.1, 0.15) is 45.6 Å². The number of allylic oxidation sites excluding steroid dienone is 1. The minimum atomic E-state index is -1.29. The predicted molar refractivity (Wildman–Crippen MR) is 110 cm³/mol. The van der Waals surface area contributed by atoms with Crippen LogP contribution in [0.2, 0.25) is 0 Å². The Balaban J connectivity index is 1.93. The molecule has 154 valence electrons. The first-order valence-corrected chi connectivity index (χ1v) is 9.96. The molecule has 0 aliphatic heterocycles. The number of hydrogen-bond donors (Lipinski definition) is 1. The smallest absolute Gasteiger partial charge is 0.331 e. The Bertz CT molecular complexity index is 853. The molecule has 2 aliphatic rings. The highest BCUT2D eigenvalue weighted by atomic mass is 16.5. The number of rotatable bonds is 5. The Morgan fingerprint density at radius 3 is 2.48 bits per heavy atom. The van der Waals surface area contributed by atoms with Crippen LogP contribution in [0.3, 0.4) is 0 Å². The van der Waals surface area contributed by atoms with E-state index in [1.165, 1.54) is 6.08 Å². The lowest BCUT2D eigenvalue weighted by Gasteiger charge is -2.63. The Kier molecular flexibility index (Phi) is 5.63. The van der Waals surface area contributed by atoms with E-state index in [-0.39, 0.29) is 6.42 Å². The highest BCUT2D eigenvalue weighted by molar-refractivity contribution is 5.87. The Morgan fingerprint density at radius 2 is 1.86 bits per heavy atom. The molecule has 5 nitrogen and oxygen atoms in total. The summed E-state index contributed by atoms with van der Waals surface area (Å²) in [4.78, 5) is 36.1. The molecule has 0 heterocycles. The molecule has 29 heavy (non-hydrogen) atoms. The second-order valence-electron chi connectivity index (χ2n) is 8.87. The highest BCUT2D eigenvalue weighted by Gasteiger charge is 2.67. The van der Waals surface area contributed by atoms with Gasteiger partial charge in [-0.3, -0.25) is 4.79 Å². The van der Waals surface area contributed by atoms with Gasteiger partial charge in [-0.25, -0.2) is 4.79 Å². The van der Waals surface area contributed by atoms with E-state index in [2.05, 4.69) is 0 Å². The third-order valence-electron chi connectivity index (χ3n) is 7.09. The fourth-order valence-corrected chi connectivity index (χ4v) is 5.12. The van der Waals surface area contributed by atoms with Gasteiger partial charge in [0.2, 0.25) is 0 Å². The molecule has 0 saturated heterocycles. The summed E-state index contributed by atoms with van der Waals surface area (Å²) >= 11 is 0. The molecular formula is C24H28O5. The van der Waals surface area contributed by atoms with Crippen LogP contribution in [-0.2, 0) is 19.1 Å². The molecule has 0 unspecified atom stereocenters. The van der Waals surface area contributed by atoms with Gasteiger partial charge in [-0.2, -0.15) is 0 Å². The van der Waals surface area contributed by atoms with Gasteiger partial charge < -0.3 is 14.6 Å². The lowest BCUT2D eigenvalue weighted by molar-refractivity contribution is -0.245. The van der Waals surface area contributed by atoms with Crippen LogP contribution in [-0.4, -0.2) is 35.4 Å². The van der Waals surface area contributed by atoms with Crippen LogP contribution in [0.25, 0.3) is 6.08 Å². The Labute approximate surface area is 171 Å². The lowest BCUT2D eigenvalue weighted by atomic mass is 9.45. The number of benzene rings is 1. The molecule has 1 fully saturated rings. The normalized spacial score (nSPS) is 33.4. The van der Waals surface area contributed by atoms with Crippen LogP contribution < -0.4 is 0 Å². The van der Waals surface area contributed by atoms with Crippen LogP contribution in [0, 0.1) is 16.7 Å². The Hall–Kier alpha value is -2.53. The average molecular weight is 396 g/mol. The zero-order chi connectivity index (χ0) is 21.3. The first-order chi connectivity index (χ1) is 13.7. The van der Waals surface area contributed by atoms with Crippen LogP contribution in [0.5, 0.6) is 0 Å². The van der Waals surface area contributed by atoms with Crippen molar-refractivity contribution >= 4 is 24.6 Å². The zero-order valence-corrected chi connectivity index (χ0v) is 17.1. The molecule has 0 aromatic heterocycles. The summed E-state index contributed by atoms with van der Waals surface area (Å²) in [6.07, 6.45) is 6.73. The minimum absolute atomic E-state index is 0.239. The minimum Gasteiger partial charge on any atom is -0.458 e. The van der Waals surface area contributed by atoms with Crippen LogP contribution in [0.15, 0.2) is 48.1 Å². The summed E-state index contributed by atoms with van der Waals surface area (Å²) in [5.41, 5.74) is -1.68. The predicted octanol–water partition coefficient (Wildman–Crippen LogP) is 3.51. The molecule has 4 atom stereocenters. The maximum absolute atomic E-state index is 12.5. The van der Waals surface area contributed by atoms with Crippen LogP contribution in [0.4, 0.5) is 0 Å². The molecule has 1 aromatic rings. The van der Waals surface area contributed by atoms with Gasteiger partial charge in [0.1, 0.15) is 18.7 Å². The van der Waals surface area contributed by atoms with Crippen molar-refractivity contribution in [2.45, 2.75) is 51.7 Å². The van der Waals surface area contributed by atoms with Crippen molar-refractivity contribution in [1.82, 2.24) is 0 Å². The van der Waals surface area contributed by atoms with E-state index in [4.69, 9.17) is 4.74 Å². The summed E-state index contributed by atoms with van der Waals surface area (Å²) in [6.45, 7) is 5.68. The summed E-state index contributed by atoms with van der Waals surface area (Å²) in [5.74, 6) is -1.37. The van der Waals surface area contributed by atoms with Crippen molar-refractivity contribution in [3.63, 3.8) is 0 Å². The van der Waals surface area contributed by atoms with Gasteiger partial charge in [0.25, 0.3) is 0 Å². The summed E-state index contributed by atoms with van der Waals surface area (Å²) < 4.78 is 5.78. The molecule has 3 rings (SSSR count).